The molecule has 1 atom stereocenters. The third-order valence-corrected chi connectivity index (χ3v) is 4.93. The number of anilines is 2. The molecule has 1 aromatic carbocycles. The number of nitrogens with zero attached hydrogens (tertiary/aromatic N) is 3. The van der Waals surface area contributed by atoms with Crippen molar-refractivity contribution in [2.75, 3.05) is 23.4 Å². The van der Waals surface area contributed by atoms with Gasteiger partial charge in [-0.05, 0) is 38.0 Å². The molecule has 3 N–H and O–H groups in total. The molecule has 146 valence electrons. The lowest BCUT2D eigenvalue weighted by molar-refractivity contribution is -0.139. The highest BCUT2D eigenvalue weighted by Crippen LogP contribution is 2.27. The van der Waals surface area contributed by atoms with E-state index in [1.54, 1.807) is 19.1 Å². The van der Waals surface area contributed by atoms with Gasteiger partial charge in [-0.25, -0.2) is 0 Å². The molecule has 8 nitrogen and oxygen atoms in total. The van der Waals surface area contributed by atoms with Crippen LogP contribution >= 0.6 is 23.4 Å². The molecular weight excluding hydrogens is 390 g/mol. The summed E-state index contributed by atoms with van der Waals surface area (Å²) in [6.45, 7) is 5.76. The van der Waals surface area contributed by atoms with Gasteiger partial charge in [0.15, 0.2) is 5.16 Å². The summed E-state index contributed by atoms with van der Waals surface area (Å²) in [5, 5.41) is 11.6. The number of carbonyl (C=O) groups excluding carboxylic acids is 2. The number of carbonyl (C=O) groups is 2. The molecule has 2 aromatic rings. The molecule has 0 fully saturated rings. The summed E-state index contributed by atoms with van der Waals surface area (Å²) in [5.41, 5.74) is 7.44. The Hall–Kier alpha value is -2.26. The minimum absolute atomic E-state index is 0.0530. The number of hydrogen-bond donors (Lipinski definition) is 2. The summed E-state index contributed by atoms with van der Waals surface area (Å²) in [5.74, 6) is -0.488. The molecule has 10 heteroatoms. The second kappa shape index (κ2) is 9.61. The highest BCUT2D eigenvalue weighted by atomic mass is 35.5. The van der Waals surface area contributed by atoms with Crippen LogP contribution in [0.25, 0.3) is 0 Å². The van der Waals surface area contributed by atoms with E-state index in [4.69, 9.17) is 22.1 Å². The largest absolute Gasteiger partial charge is 0.465 e. The molecule has 0 bridgehead atoms. The maximum Gasteiger partial charge on any atom is 0.316 e. The number of benzene rings is 1. The van der Waals surface area contributed by atoms with E-state index < -0.39 is 6.04 Å². The van der Waals surface area contributed by atoms with Crippen LogP contribution in [0, 0.1) is 6.92 Å². The topological polar surface area (TPSA) is 112 Å². The zero-order chi connectivity index (χ0) is 20.0. The van der Waals surface area contributed by atoms with Crippen molar-refractivity contribution in [2.45, 2.75) is 38.4 Å². The predicted octanol–water partition coefficient (Wildman–Crippen LogP) is 3.07. The third kappa shape index (κ3) is 5.36. The van der Waals surface area contributed by atoms with Gasteiger partial charge in [-0.3, -0.25) is 14.2 Å². The van der Waals surface area contributed by atoms with Gasteiger partial charge in [-0.1, -0.05) is 36.4 Å². The second-order valence-electron chi connectivity index (χ2n) is 5.68. The van der Waals surface area contributed by atoms with Crippen LogP contribution in [0.3, 0.4) is 0 Å². The van der Waals surface area contributed by atoms with E-state index >= 15 is 0 Å². The Balaban J connectivity index is 2.21. The SMILES string of the molecule is CCOC(=O)CSc1nnc(N)n1C(CC)C(=O)Nc1cc(Cl)ccc1C. The standard InChI is InChI=1S/C17H22ClN5O3S/c1-4-13(15(25)20-12-8-11(18)7-6-10(12)3)23-16(19)21-22-17(23)27-9-14(24)26-5-2/h6-8,13H,4-5,9H2,1-3H3,(H2,19,21)(H,20,25). The molecule has 0 aliphatic carbocycles. The number of thioether (sulfide) groups is 1. The molecule has 2 rings (SSSR count). The van der Waals surface area contributed by atoms with Crippen molar-refractivity contribution in [1.82, 2.24) is 14.8 Å². The number of ether oxygens (including phenoxy) is 1. The van der Waals surface area contributed by atoms with Gasteiger partial charge in [0.2, 0.25) is 11.9 Å². The van der Waals surface area contributed by atoms with Gasteiger partial charge in [0.05, 0.1) is 12.4 Å². The van der Waals surface area contributed by atoms with E-state index in [1.165, 1.54) is 4.57 Å². The number of esters is 1. The number of halogens is 1. The summed E-state index contributed by atoms with van der Waals surface area (Å²) in [6.07, 6.45) is 0.459. The van der Waals surface area contributed by atoms with Crippen molar-refractivity contribution in [3.63, 3.8) is 0 Å². The van der Waals surface area contributed by atoms with Gasteiger partial charge in [-0.2, -0.15) is 0 Å². The highest BCUT2D eigenvalue weighted by molar-refractivity contribution is 7.99. The van der Waals surface area contributed by atoms with Crippen molar-refractivity contribution < 1.29 is 14.3 Å². The molecule has 0 spiro atoms. The van der Waals surface area contributed by atoms with Gasteiger partial charge < -0.3 is 15.8 Å². The fourth-order valence-electron chi connectivity index (χ4n) is 2.44. The van der Waals surface area contributed by atoms with Crippen LogP contribution in [0.4, 0.5) is 11.6 Å². The molecule has 1 aromatic heterocycles. The second-order valence-corrected chi connectivity index (χ2v) is 7.06. The molecule has 0 aliphatic rings. The first-order valence-electron chi connectivity index (χ1n) is 8.43. The van der Waals surface area contributed by atoms with Crippen molar-refractivity contribution >= 4 is 46.9 Å². The lowest BCUT2D eigenvalue weighted by Crippen LogP contribution is -2.27. The van der Waals surface area contributed by atoms with Gasteiger partial charge in [0, 0.05) is 10.7 Å². The fourth-order valence-corrected chi connectivity index (χ4v) is 3.40. The smallest absolute Gasteiger partial charge is 0.316 e. The molecule has 27 heavy (non-hydrogen) atoms. The zero-order valence-corrected chi connectivity index (χ0v) is 16.9. The number of aryl methyl sites for hydroxylation is 1. The lowest BCUT2D eigenvalue weighted by Gasteiger charge is -2.19. The fraction of sp³-hybridized carbons (Fsp3) is 0.412. The molecular formula is C17H22ClN5O3S. The summed E-state index contributed by atoms with van der Waals surface area (Å²) >= 11 is 7.14. The minimum atomic E-state index is -0.636. The van der Waals surface area contributed by atoms with E-state index in [1.807, 2.05) is 19.9 Å². The Kier molecular flexibility index (Phi) is 7.49. The summed E-state index contributed by atoms with van der Waals surface area (Å²) < 4.78 is 6.43. The van der Waals surface area contributed by atoms with E-state index in [0.717, 1.165) is 17.3 Å². The maximum absolute atomic E-state index is 12.9. The average Bonchev–Trinajstić information content (AvgIpc) is 2.98. The quantitative estimate of drug-likeness (QED) is 0.507. The van der Waals surface area contributed by atoms with Crippen molar-refractivity contribution in [1.29, 1.82) is 0 Å². The number of nitrogens with two attached hydrogens (primary N) is 1. The summed E-state index contributed by atoms with van der Waals surface area (Å²) in [6, 6.07) is 4.63. The van der Waals surface area contributed by atoms with Crippen molar-refractivity contribution in [2.24, 2.45) is 0 Å². The van der Waals surface area contributed by atoms with E-state index in [0.29, 0.717) is 28.9 Å². The molecule has 0 aliphatic heterocycles. The Labute approximate surface area is 166 Å². The molecule has 0 saturated heterocycles. The first-order chi connectivity index (χ1) is 12.9. The van der Waals surface area contributed by atoms with Gasteiger partial charge in [-0.15, -0.1) is 10.2 Å². The first kappa shape index (κ1) is 21.0. The van der Waals surface area contributed by atoms with Crippen LogP contribution in [0.1, 0.15) is 31.9 Å². The number of aromatic nitrogens is 3. The zero-order valence-electron chi connectivity index (χ0n) is 15.4. The lowest BCUT2D eigenvalue weighted by atomic mass is 10.1. The Morgan fingerprint density at radius 2 is 2.11 bits per heavy atom. The van der Waals surface area contributed by atoms with E-state index in [-0.39, 0.29) is 23.6 Å². The van der Waals surface area contributed by atoms with Crippen LogP contribution in [0.15, 0.2) is 23.4 Å². The van der Waals surface area contributed by atoms with Crippen LogP contribution in [0.2, 0.25) is 5.02 Å². The van der Waals surface area contributed by atoms with E-state index in [9.17, 15) is 9.59 Å². The number of amides is 1. The molecule has 1 heterocycles. The third-order valence-electron chi connectivity index (χ3n) is 3.77. The monoisotopic (exact) mass is 411 g/mol. The van der Waals surface area contributed by atoms with Crippen molar-refractivity contribution in [3.05, 3.63) is 28.8 Å². The number of nitrogen functional groups attached to an aromatic ring is 1. The average molecular weight is 412 g/mol. The Morgan fingerprint density at radius 1 is 1.37 bits per heavy atom. The molecule has 1 amide bonds. The number of rotatable bonds is 8. The maximum atomic E-state index is 12.9. The number of hydrogen-bond acceptors (Lipinski definition) is 7. The van der Waals surface area contributed by atoms with E-state index in [2.05, 4.69) is 15.5 Å². The van der Waals surface area contributed by atoms with Gasteiger partial charge >= 0.3 is 5.97 Å². The minimum Gasteiger partial charge on any atom is -0.465 e. The molecule has 0 radical (unpaired) electrons. The summed E-state index contributed by atoms with van der Waals surface area (Å²) in [4.78, 5) is 24.5. The van der Waals surface area contributed by atoms with Crippen LogP contribution in [0.5, 0.6) is 0 Å². The van der Waals surface area contributed by atoms with Gasteiger partial charge in [0.1, 0.15) is 6.04 Å². The van der Waals surface area contributed by atoms with Crippen LogP contribution < -0.4 is 11.1 Å². The number of nitrogens with one attached hydrogen (secondary N) is 1. The Bertz CT molecular complexity index is 827. The van der Waals surface area contributed by atoms with Crippen LogP contribution in [-0.2, 0) is 14.3 Å². The normalized spacial score (nSPS) is 11.9. The van der Waals surface area contributed by atoms with Gasteiger partial charge in [0.25, 0.3) is 0 Å². The Morgan fingerprint density at radius 3 is 2.78 bits per heavy atom. The van der Waals surface area contributed by atoms with Crippen LogP contribution in [-0.4, -0.2) is 39.0 Å². The highest BCUT2D eigenvalue weighted by Gasteiger charge is 2.26. The summed E-state index contributed by atoms with van der Waals surface area (Å²) in [7, 11) is 0. The first-order valence-corrected chi connectivity index (χ1v) is 9.79. The van der Waals surface area contributed by atoms with Crippen molar-refractivity contribution in [3.8, 4) is 0 Å². The predicted molar refractivity (Wildman–Crippen MR) is 106 cm³/mol. The molecule has 0 saturated carbocycles. The molecule has 1 unspecified atom stereocenters.